The van der Waals surface area contributed by atoms with Gasteiger partial charge in [0.25, 0.3) is 11.5 Å². The maximum absolute atomic E-state index is 12.6. The van der Waals surface area contributed by atoms with Crippen LogP contribution in [0.5, 0.6) is 0 Å². The zero-order chi connectivity index (χ0) is 19.5. The van der Waals surface area contributed by atoms with Gasteiger partial charge in [0.1, 0.15) is 11.3 Å². The van der Waals surface area contributed by atoms with Crippen molar-refractivity contribution in [3.8, 4) is 0 Å². The molecular formula is C21H23N5O2. The molecule has 1 aliphatic heterocycles. The Bertz CT molecular complexity index is 1040. The highest BCUT2D eigenvalue weighted by atomic mass is 16.2. The Hall–Kier alpha value is -3.22. The Kier molecular flexibility index (Phi) is 5.06. The predicted octanol–water partition coefficient (Wildman–Crippen LogP) is 2.57. The molecule has 144 valence electrons. The van der Waals surface area contributed by atoms with Crippen molar-refractivity contribution in [1.82, 2.24) is 19.7 Å². The lowest BCUT2D eigenvalue weighted by atomic mass is 10.1. The van der Waals surface area contributed by atoms with Crippen LogP contribution in [-0.2, 0) is 0 Å². The minimum Gasteiger partial charge on any atom is -0.370 e. The van der Waals surface area contributed by atoms with Crippen LogP contribution in [0.3, 0.4) is 0 Å². The van der Waals surface area contributed by atoms with Crippen molar-refractivity contribution in [1.29, 1.82) is 0 Å². The van der Waals surface area contributed by atoms with E-state index >= 15 is 0 Å². The Labute approximate surface area is 163 Å². The summed E-state index contributed by atoms with van der Waals surface area (Å²) in [6, 6.07) is 10.2. The van der Waals surface area contributed by atoms with Gasteiger partial charge in [0, 0.05) is 25.4 Å². The minimum absolute atomic E-state index is 0.105. The second-order valence-electron chi connectivity index (χ2n) is 7.09. The van der Waals surface area contributed by atoms with Gasteiger partial charge >= 0.3 is 0 Å². The standard InChI is InChI=1S/C21H23N5O2/c1-15(17-9-8-16(14-22-17)25-10-4-2-5-11-25)23-21(28)18-13-20(27)26-12-6-3-7-19(26)24-18/h3,6-9,12-15H,2,4-5,10-11H2,1H3,(H,23,28). The number of hydrogen-bond donors (Lipinski definition) is 1. The van der Waals surface area contributed by atoms with Crippen LogP contribution in [0.4, 0.5) is 5.69 Å². The van der Waals surface area contributed by atoms with Crippen molar-refractivity contribution >= 4 is 17.2 Å². The van der Waals surface area contributed by atoms with Gasteiger partial charge in [-0.2, -0.15) is 0 Å². The number of carbonyl (C=O) groups excluding carboxylic acids is 1. The van der Waals surface area contributed by atoms with Crippen molar-refractivity contribution in [2.24, 2.45) is 0 Å². The minimum atomic E-state index is -0.391. The number of pyridine rings is 2. The Morgan fingerprint density at radius 2 is 1.96 bits per heavy atom. The van der Waals surface area contributed by atoms with Gasteiger partial charge < -0.3 is 10.2 Å². The first-order valence-electron chi connectivity index (χ1n) is 9.62. The second kappa shape index (κ2) is 7.80. The normalized spacial score (nSPS) is 15.4. The van der Waals surface area contributed by atoms with Gasteiger partial charge in [-0.3, -0.25) is 19.0 Å². The van der Waals surface area contributed by atoms with Crippen LogP contribution in [0.25, 0.3) is 5.65 Å². The molecule has 0 spiro atoms. The molecule has 0 radical (unpaired) electrons. The summed E-state index contributed by atoms with van der Waals surface area (Å²) in [4.78, 5) is 35.9. The van der Waals surface area contributed by atoms with Crippen molar-refractivity contribution in [3.05, 3.63) is 70.5 Å². The quantitative estimate of drug-likeness (QED) is 0.756. The number of anilines is 1. The van der Waals surface area contributed by atoms with E-state index in [4.69, 9.17) is 0 Å². The van der Waals surface area contributed by atoms with Crippen LogP contribution in [0.1, 0.15) is 48.4 Å². The molecule has 1 saturated heterocycles. The third-order valence-electron chi connectivity index (χ3n) is 5.09. The molecule has 1 N–H and O–H groups in total. The number of fused-ring (bicyclic) bond motifs is 1. The van der Waals surface area contributed by atoms with Gasteiger partial charge in [0.15, 0.2) is 0 Å². The summed E-state index contributed by atoms with van der Waals surface area (Å²) in [7, 11) is 0. The highest BCUT2D eigenvalue weighted by molar-refractivity contribution is 5.92. The fraction of sp³-hybridized carbons (Fsp3) is 0.333. The summed E-state index contributed by atoms with van der Waals surface area (Å²) in [6.07, 6.45) is 7.21. The number of nitrogens with one attached hydrogen (secondary N) is 1. The third kappa shape index (κ3) is 3.74. The zero-order valence-electron chi connectivity index (χ0n) is 15.8. The SMILES string of the molecule is CC(NC(=O)c1cc(=O)n2ccccc2n1)c1ccc(N2CCCCC2)cn1. The lowest BCUT2D eigenvalue weighted by Crippen LogP contribution is -2.31. The van der Waals surface area contributed by atoms with Gasteiger partial charge in [0.2, 0.25) is 0 Å². The largest absolute Gasteiger partial charge is 0.370 e. The van der Waals surface area contributed by atoms with Crippen LogP contribution < -0.4 is 15.8 Å². The van der Waals surface area contributed by atoms with Crippen molar-refractivity contribution < 1.29 is 4.79 Å². The van der Waals surface area contributed by atoms with E-state index in [9.17, 15) is 9.59 Å². The molecule has 0 aliphatic carbocycles. The molecular weight excluding hydrogens is 354 g/mol. The zero-order valence-corrected chi connectivity index (χ0v) is 15.8. The van der Waals surface area contributed by atoms with Crippen LogP contribution >= 0.6 is 0 Å². The van der Waals surface area contributed by atoms with Crippen LogP contribution in [0.15, 0.2) is 53.6 Å². The first-order valence-corrected chi connectivity index (χ1v) is 9.62. The summed E-state index contributed by atoms with van der Waals surface area (Å²) in [5.74, 6) is -0.391. The second-order valence-corrected chi connectivity index (χ2v) is 7.09. The van der Waals surface area contributed by atoms with Crippen molar-refractivity contribution in [2.45, 2.75) is 32.2 Å². The van der Waals surface area contributed by atoms with Crippen molar-refractivity contribution in [2.75, 3.05) is 18.0 Å². The van der Waals surface area contributed by atoms with Crippen molar-refractivity contribution in [3.63, 3.8) is 0 Å². The molecule has 4 heterocycles. The molecule has 3 aromatic heterocycles. The predicted molar refractivity (Wildman–Crippen MR) is 108 cm³/mol. The smallest absolute Gasteiger partial charge is 0.270 e. The van der Waals surface area contributed by atoms with E-state index < -0.39 is 5.91 Å². The first-order chi connectivity index (χ1) is 13.6. The summed E-state index contributed by atoms with van der Waals surface area (Å²) < 4.78 is 1.40. The molecule has 0 aromatic carbocycles. The monoisotopic (exact) mass is 377 g/mol. The third-order valence-corrected chi connectivity index (χ3v) is 5.09. The van der Waals surface area contributed by atoms with Gasteiger partial charge in [0.05, 0.1) is 23.6 Å². The summed E-state index contributed by atoms with van der Waals surface area (Å²) in [6.45, 7) is 4.00. The number of hydrogen-bond acceptors (Lipinski definition) is 5. The van der Waals surface area contributed by atoms with E-state index in [1.54, 1.807) is 24.4 Å². The molecule has 1 atom stereocenters. The molecule has 0 saturated carbocycles. The molecule has 7 nitrogen and oxygen atoms in total. The molecule has 1 aliphatic rings. The van der Waals surface area contributed by atoms with Crippen LogP contribution in [0.2, 0.25) is 0 Å². The van der Waals surface area contributed by atoms with Gasteiger partial charge in [-0.25, -0.2) is 4.98 Å². The molecule has 1 unspecified atom stereocenters. The van der Waals surface area contributed by atoms with E-state index in [1.807, 2.05) is 19.2 Å². The van der Waals surface area contributed by atoms with E-state index in [-0.39, 0.29) is 17.3 Å². The molecule has 28 heavy (non-hydrogen) atoms. The molecule has 4 rings (SSSR count). The molecule has 1 fully saturated rings. The fourth-order valence-electron chi connectivity index (χ4n) is 3.51. The molecule has 0 bridgehead atoms. The number of nitrogens with zero attached hydrogens (tertiary/aromatic N) is 4. The fourth-order valence-corrected chi connectivity index (χ4v) is 3.51. The highest BCUT2D eigenvalue weighted by Crippen LogP contribution is 2.20. The van der Waals surface area contributed by atoms with Crippen LogP contribution in [-0.4, -0.2) is 33.4 Å². The summed E-state index contributed by atoms with van der Waals surface area (Å²) in [5, 5.41) is 2.88. The lowest BCUT2D eigenvalue weighted by Gasteiger charge is -2.28. The average Bonchev–Trinajstić information content (AvgIpc) is 2.74. The number of piperidine rings is 1. The Morgan fingerprint density at radius 1 is 1.14 bits per heavy atom. The van der Waals surface area contributed by atoms with E-state index in [1.165, 1.54) is 29.7 Å². The van der Waals surface area contributed by atoms with E-state index in [0.29, 0.717) is 5.65 Å². The number of carbonyl (C=O) groups is 1. The van der Waals surface area contributed by atoms with Gasteiger partial charge in [-0.05, 0) is 50.5 Å². The summed E-state index contributed by atoms with van der Waals surface area (Å²) in [5.41, 5.74) is 2.15. The topological polar surface area (TPSA) is 79.6 Å². The molecule has 7 heteroatoms. The highest BCUT2D eigenvalue weighted by Gasteiger charge is 2.16. The van der Waals surface area contributed by atoms with E-state index in [0.717, 1.165) is 24.5 Å². The molecule has 3 aromatic rings. The van der Waals surface area contributed by atoms with Gasteiger partial charge in [-0.1, -0.05) is 6.07 Å². The maximum atomic E-state index is 12.6. The van der Waals surface area contributed by atoms with Gasteiger partial charge in [-0.15, -0.1) is 0 Å². The Morgan fingerprint density at radius 3 is 2.71 bits per heavy atom. The first kappa shape index (κ1) is 18.2. The summed E-state index contributed by atoms with van der Waals surface area (Å²) >= 11 is 0. The average molecular weight is 377 g/mol. The lowest BCUT2D eigenvalue weighted by molar-refractivity contribution is 0.0934. The van der Waals surface area contributed by atoms with Crippen LogP contribution in [0, 0.1) is 0 Å². The number of amides is 1. The number of aromatic nitrogens is 3. The maximum Gasteiger partial charge on any atom is 0.270 e. The molecule has 1 amide bonds. The number of rotatable bonds is 4. The Balaban J connectivity index is 1.48. The van der Waals surface area contributed by atoms with E-state index in [2.05, 4.69) is 26.3 Å².